The summed E-state index contributed by atoms with van der Waals surface area (Å²) in [5, 5.41) is 4.98. The SMILES string of the molecule is COc1cccc(NC(=O)c2ccc(-c3cccc4c3oc3ccccc34)nc2)c1. The number of hydrogen-bond donors (Lipinski definition) is 1. The number of methoxy groups -OCH3 is 1. The molecule has 1 amide bonds. The summed E-state index contributed by atoms with van der Waals surface area (Å²) in [5.41, 5.74) is 4.41. The summed E-state index contributed by atoms with van der Waals surface area (Å²) in [6.45, 7) is 0. The van der Waals surface area contributed by atoms with Crippen LogP contribution in [0.3, 0.4) is 0 Å². The molecule has 2 aromatic heterocycles. The van der Waals surface area contributed by atoms with Crippen molar-refractivity contribution in [3.05, 3.63) is 90.6 Å². The molecule has 0 spiro atoms. The molecule has 1 N–H and O–H groups in total. The molecule has 0 atom stereocenters. The van der Waals surface area contributed by atoms with E-state index in [1.807, 2.05) is 66.7 Å². The molecule has 0 aliphatic heterocycles. The lowest BCUT2D eigenvalue weighted by Gasteiger charge is -2.08. The summed E-state index contributed by atoms with van der Waals surface area (Å²) in [6, 6.07) is 24.8. The zero-order chi connectivity index (χ0) is 20.5. The first-order valence-electron chi connectivity index (χ1n) is 9.55. The molecule has 0 unspecified atom stereocenters. The Morgan fingerprint density at radius 1 is 0.933 bits per heavy atom. The maximum atomic E-state index is 12.6. The molecule has 5 nitrogen and oxygen atoms in total. The topological polar surface area (TPSA) is 64.4 Å². The van der Waals surface area contributed by atoms with Gasteiger partial charge in [0.15, 0.2) is 0 Å². The van der Waals surface area contributed by atoms with Crippen LogP contribution in [0.15, 0.2) is 89.5 Å². The van der Waals surface area contributed by atoms with E-state index in [4.69, 9.17) is 9.15 Å². The lowest BCUT2D eigenvalue weighted by atomic mass is 10.1. The van der Waals surface area contributed by atoms with Crippen molar-refractivity contribution in [2.24, 2.45) is 0 Å². The van der Waals surface area contributed by atoms with Gasteiger partial charge in [-0.2, -0.15) is 0 Å². The number of nitrogens with one attached hydrogen (secondary N) is 1. The zero-order valence-electron chi connectivity index (χ0n) is 16.3. The largest absolute Gasteiger partial charge is 0.497 e. The minimum Gasteiger partial charge on any atom is -0.497 e. The number of furan rings is 1. The Bertz CT molecular complexity index is 1370. The average molecular weight is 394 g/mol. The number of hydrogen-bond acceptors (Lipinski definition) is 4. The number of aromatic nitrogens is 1. The molecule has 0 bridgehead atoms. The summed E-state index contributed by atoms with van der Waals surface area (Å²) < 4.78 is 11.3. The van der Waals surface area contributed by atoms with Crippen LogP contribution in [0.4, 0.5) is 5.69 Å². The van der Waals surface area contributed by atoms with Crippen LogP contribution in [0.25, 0.3) is 33.2 Å². The van der Waals surface area contributed by atoms with E-state index in [9.17, 15) is 4.79 Å². The van der Waals surface area contributed by atoms with Crippen LogP contribution < -0.4 is 10.1 Å². The molecule has 0 fully saturated rings. The second-order valence-corrected chi connectivity index (χ2v) is 6.90. The van der Waals surface area contributed by atoms with Crippen LogP contribution >= 0.6 is 0 Å². The lowest BCUT2D eigenvalue weighted by molar-refractivity contribution is 0.102. The maximum absolute atomic E-state index is 12.6. The Morgan fingerprint density at radius 3 is 2.60 bits per heavy atom. The van der Waals surface area contributed by atoms with E-state index in [-0.39, 0.29) is 5.91 Å². The third kappa shape index (κ3) is 3.16. The van der Waals surface area contributed by atoms with E-state index in [1.54, 1.807) is 25.4 Å². The van der Waals surface area contributed by atoms with E-state index in [1.165, 1.54) is 0 Å². The predicted octanol–water partition coefficient (Wildman–Crippen LogP) is 5.91. The normalized spacial score (nSPS) is 11.0. The van der Waals surface area contributed by atoms with Gasteiger partial charge in [0, 0.05) is 34.3 Å². The van der Waals surface area contributed by atoms with E-state index >= 15 is 0 Å². The second-order valence-electron chi connectivity index (χ2n) is 6.90. The van der Waals surface area contributed by atoms with Crippen LogP contribution in [-0.2, 0) is 0 Å². The Morgan fingerprint density at radius 2 is 1.77 bits per heavy atom. The van der Waals surface area contributed by atoms with E-state index in [2.05, 4.69) is 10.3 Å². The molecule has 5 rings (SSSR count). The number of benzene rings is 3. The highest BCUT2D eigenvalue weighted by molar-refractivity contribution is 6.09. The number of anilines is 1. The van der Waals surface area contributed by atoms with Crippen molar-refractivity contribution in [2.45, 2.75) is 0 Å². The number of rotatable bonds is 4. The van der Waals surface area contributed by atoms with Crippen LogP contribution in [0.5, 0.6) is 5.75 Å². The summed E-state index contributed by atoms with van der Waals surface area (Å²) in [5.74, 6) is 0.449. The van der Waals surface area contributed by atoms with Gasteiger partial charge in [0.1, 0.15) is 16.9 Å². The van der Waals surface area contributed by atoms with Gasteiger partial charge in [0.2, 0.25) is 0 Å². The molecule has 0 saturated carbocycles. The first-order valence-corrected chi connectivity index (χ1v) is 9.55. The molecular weight excluding hydrogens is 376 g/mol. The van der Waals surface area contributed by atoms with E-state index in [0.717, 1.165) is 33.2 Å². The molecular formula is C25H18N2O3. The average Bonchev–Trinajstić information content (AvgIpc) is 3.18. The lowest BCUT2D eigenvalue weighted by Crippen LogP contribution is -2.12. The van der Waals surface area contributed by atoms with Gasteiger partial charge in [-0.1, -0.05) is 36.4 Å². The molecule has 0 aliphatic carbocycles. The first kappa shape index (κ1) is 17.9. The minimum absolute atomic E-state index is 0.232. The Hall–Kier alpha value is -4.12. The molecule has 5 aromatic rings. The molecule has 0 saturated heterocycles. The maximum Gasteiger partial charge on any atom is 0.257 e. The number of carbonyl (C=O) groups is 1. The molecule has 2 heterocycles. The van der Waals surface area contributed by atoms with Gasteiger partial charge in [0.05, 0.1) is 18.4 Å². The fourth-order valence-electron chi connectivity index (χ4n) is 3.54. The number of pyridine rings is 1. The van der Waals surface area contributed by atoms with Crippen molar-refractivity contribution in [1.29, 1.82) is 0 Å². The molecule has 5 heteroatoms. The van der Waals surface area contributed by atoms with E-state index < -0.39 is 0 Å². The predicted molar refractivity (Wildman–Crippen MR) is 118 cm³/mol. The van der Waals surface area contributed by atoms with Gasteiger partial charge in [-0.3, -0.25) is 9.78 Å². The molecule has 146 valence electrons. The molecule has 0 radical (unpaired) electrons. The summed E-state index contributed by atoms with van der Waals surface area (Å²) in [6.07, 6.45) is 1.58. The Balaban J connectivity index is 1.45. The van der Waals surface area contributed by atoms with Gasteiger partial charge in [-0.15, -0.1) is 0 Å². The highest BCUT2D eigenvalue weighted by atomic mass is 16.5. The number of nitrogens with zero attached hydrogens (tertiary/aromatic N) is 1. The van der Waals surface area contributed by atoms with Crippen molar-refractivity contribution in [3.8, 4) is 17.0 Å². The third-order valence-corrected chi connectivity index (χ3v) is 5.03. The van der Waals surface area contributed by atoms with E-state index in [0.29, 0.717) is 17.0 Å². The highest BCUT2D eigenvalue weighted by Crippen LogP contribution is 2.34. The van der Waals surface area contributed by atoms with Gasteiger partial charge < -0.3 is 14.5 Å². The summed E-state index contributed by atoms with van der Waals surface area (Å²) >= 11 is 0. The standard InChI is InChI=1S/C25H18N2O3/c1-29-18-7-4-6-17(14-18)27-25(28)16-12-13-22(26-15-16)21-10-5-9-20-19-8-2-3-11-23(19)30-24(20)21/h2-15H,1H3,(H,27,28). The van der Waals surface area contributed by atoms with Crippen LogP contribution in [0.1, 0.15) is 10.4 Å². The number of para-hydroxylation sites is 2. The smallest absolute Gasteiger partial charge is 0.257 e. The number of fused-ring (bicyclic) bond motifs is 3. The minimum atomic E-state index is -0.232. The van der Waals surface area contributed by atoms with Crippen LogP contribution in [-0.4, -0.2) is 18.0 Å². The van der Waals surface area contributed by atoms with Crippen LogP contribution in [0.2, 0.25) is 0 Å². The molecule has 0 aliphatic rings. The third-order valence-electron chi connectivity index (χ3n) is 5.03. The van der Waals surface area contributed by atoms with Crippen molar-refractivity contribution >= 4 is 33.5 Å². The van der Waals surface area contributed by atoms with Gasteiger partial charge in [-0.05, 0) is 36.4 Å². The van der Waals surface area contributed by atoms with Crippen molar-refractivity contribution in [3.63, 3.8) is 0 Å². The van der Waals surface area contributed by atoms with Gasteiger partial charge in [-0.25, -0.2) is 0 Å². The zero-order valence-corrected chi connectivity index (χ0v) is 16.3. The van der Waals surface area contributed by atoms with Gasteiger partial charge >= 0.3 is 0 Å². The van der Waals surface area contributed by atoms with Crippen LogP contribution in [0, 0.1) is 0 Å². The molecule has 30 heavy (non-hydrogen) atoms. The van der Waals surface area contributed by atoms with Crippen molar-refractivity contribution in [2.75, 3.05) is 12.4 Å². The Kier molecular flexibility index (Phi) is 4.41. The second kappa shape index (κ2) is 7.37. The Labute approximate surface area is 172 Å². The van der Waals surface area contributed by atoms with Crippen molar-refractivity contribution < 1.29 is 13.9 Å². The fraction of sp³-hybridized carbons (Fsp3) is 0.0400. The highest BCUT2D eigenvalue weighted by Gasteiger charge is 2.13. The number of amides is 1. The quantitative estimate of drug-likeness (QED) is 0.412. The summed E-state index contributed by atoms with van der Waals surface area (Å²) in [7, 11) is 1.59. The number of ether oxygens (including phenoxy) is 1. The number of carbonyl (C=O) groups excluding carboxylic acids is 1. The van der Waals surface area contributed by atoms with Gasteiger partial charge in [0.25, 0.3) is 5.91 Å². The summed E-state index contributed by atoms with van der Waals surface area (Å²) in [4.78, 5) is 17.1. The first-order chi connectivity index (χ1) is 14.7. The molecule has 3 aromatic carbocycles. The fourth-order valence-corrected chi connectivity index (χ4v) is 3.54. The monoisotopic (exact) mass is 394 g/mol. The van der Waals surface area contributed by atoms with Crippen molar-refractivity contribution in [1.82, 2.24) is 4.98 Å².